The van der Waals surface area contributed by atoms with Gasteiger partial charge in [0.15, 0.2) is 0 Å². The molecular formula is C16H24N2O5S. The highest BCUT2D eigenvalue weighted by Crippen LogP contribution is 2.28. The van der Waals surface area contributed by atoms with Crippen molar-refractivity contribution in [3.8, 4) is 5.75 Å². The van der Waals surface area contributed by atoms with Crippen LogP contribution in [0.25, 0.3) is 0 Å². The van der Waals surface area contributed by atoms with Crippen LogP contribution >= 0.6 is 0 Å². The average Bonchev–Trinajstić information content (AvgIpc) is 2.59. The molecule has 0 spiro atoms. The van der Waals surface area contributed by atoms with Gasteiger partial charge in [-0.15, -0.1) is 0 Å². The van der Waals surface area contributed by atoms with Gasteiger partial charge in [0, 0.05) is 6.54 Å². The molecule has 0 radical (unpaired) electrons. The molecule has 8 heteroatoms. The third-order valence-electron chi connectivity index (χ3n) is 4.39. The number of benzene rings is 1. The lowest BCUT2D eigenvalue weighted by Crippen LogP contribution is -2.42. The summed E-state index contributed by atoms with van der Waals surface area (Å²) in [6.07, 6.45) is 1.82. The Labute approximate surface area is 142 Å². The van der Waals surface area contributed by atoms with Gasteiger partial charge in [-0.3, -0.25) is 0 Å². The predicted octanol–water partition coefficient (Wildman–Crippen LogP) is 1.15. The number of sulfonamides is 1. The maximum atomic E-state index is 12.6. The lowest BCUT2D eigenvalue weighted by Gasteiger charge is -2.34. The molecule has 1 aliphatic rings. The van der Waals surface area contributed by atoms with Crippen LogP contribution in [0.15, 0.2) is 23.1 Å². The van der Waals surface area contributed by atoms with E-state index in [0.717, 1.165) is 25.9 Å². The quantitative estimate of drug-likeness (QED) is 0.743. The molecule has 1 fully saturated rings. The Kier molecular flexibility index (Phi) is 5.84. The molecule has 24 heavy (non-hydrogen) atoms. The second kappa shape index (κ2) is 7.50. The van der Waals surface area contributed by atoms with E-state index in [0.29, 0.717) is 6.54 Å². The van der Waals surface area contributed by atoms with Crippen molar-refractivity contribution in [2.45, 2.75) is 24.7 Å². The molecule has 0 aliphatic carbocycles. The fourth-order valence-corrected chi connectivity index (χ4v) is 3.91. The van der Waals surface area contributed by atoms with Crippen LogP contribution < -0.4 is 14.8 Å². The number of carbonyl (C=O) groups excluding carboxylic acids is 1. The largest absolute Gasteiger partial charge is 0.496 e. The monoisotopic (exact) mass is 356 g/mol. The van der Waals surface area contributed by atoms with Crippen molar-refractivity contribution in [2.75, 3.05) is 33.9 Å². The summed E-state index contributed by atoms with van der Waals surface area (Å²) in [5, 5.41) is 3.27. The molecule has 1 saturated heterocycles. The highest BCUT2D eigenvalue weighted by Gasteiger charge is 2.29. The molecule has 2 rings (SSSR count). The number of nitrogens with one attached hydrogen (secondary N) is 2. The summed E-state index contributed by atoms with van der Waals surface area (Å²) in [5.41, 5.74) is 0.00614. The molecule has 0 aromatic heterocycles. The van der Waals surface area contributed by atoms with Crippen LogP contribution in [-0.4, -0.2) is 48.2 Å². The SMILES string of the molecule is COC(=O)c1cc(S(=O)(=O)NCC2(C)CCNCC2)ccc1OC. The zero-order valence-corrected chi connectivity index (χ0v) is 15.0. The summed E-state index contributed by atoms with van der Waals surface area (Å²) in [7, 11) is -1.08. The lowest BCUT2D eigenvalue weighted by molar-refractivity contribution is 0.0596. The number of carbonyl (C=O) groups is 1. The van der Waals surface area contributed by atoms with Gasteiger partial charge in [0.1, 0.15) is 11.3 Å². The van der Waals surface area contributed by atoms with Crippen LogP contribution in [0, 0.1) is 5.41 Å². The number of hydrogen-bond acceptors (Lipinski definition) is 6. The molecule has 0 atom stereocenters. The third-order valence-corrected chi connectivity index (χ3v) is 5.79. The summed E-state index contributed by atoms with van der Waals surface area (Å²) < 4.78 is 37.5. The van der Waals surface area contributed by atoms with E-state index in [-0.39, 0.29) is 21.6 Å². The molecule has 0 bridgehead atoms. The Bertz CT molecular complexity index is 696. The number of ether oxygens (including phenoxy) is 2. The van der Waals surface area contributed by atoms with Crippen molar-refractivity contribution in [1.29, 1.82) is 0 Å². The number of rotatable bonds is 6. The van der Waals surface area contributed by atoms with E-state index < -0.39 is 16.0 Å². The van der Waals surface area contributed by atoms with Crippen molar-refractivity contribution in [2.24, 2.45) is 5.41 Å². The first-order chi connectivity index (χ1) is 11.3. The molecule has 134 valence electrons. The van der Waals surface area contributed by atoms with Gasteiger partial charge in [0.05, 0.1) is 19.1 Å². The van der Waals surface area contributed by atoms with E-state index in [1.165, 1.54) is 32.4 Å². The molecule has 0 unspecified atom stereocenters. The van der Waals surface area contributed by atoms with Crippen LogP contribution in [0.3, 0.4) is 0 Å². The van der Waals surface area contributed by atoms with Crippen LogP contribution in [0.2, 0.25) is 0 Å². The van der Waals surface area contributed by atoms with E-state index in [4.69, 9.17) is 4.74 Å². The molecule has 0 saturated carbocycles. The number of methoxy groups -OCH3 is 2. The van der Waals surface area contributed by atoms with Crippen LogP contribution in [0.5, 0.6) is 5.75 Å². The smallest absolute Gasteiger partial charge is 0.341 e. The van der Waals surface area contributed by atoms with Crippen LogP contribution in [0.1, 0.15) is 30.1 Å². The van der Waals surface area contributed by atoms with E-state index in [2.05, 4.69) is 21.7 Å². The maximum Gasteiger partial charge on any atom is 0.341 e. The fraction of sp³-hybridized carbons (Fsp3) is 0.562. The van der Waals surface area contributed by atoms with Crippen molar-refractivity contribution in [3.05, 3.63) is 23.8 Å². The van der Waals surface area contributed by atoms with Crippen LogP contribution in [0.4, 0.5) is 0 Å². The van der Waals surface area contributed by atoms with Crippen LogP contribution in [-0.2, 0) is 14.8 Å². The minimum absolute atomic E-state index is 0.0150. The van der Waals surface area contributed by atoms with Gasteiger partial charge in [-0.2, -0.15) is 0 Å². The normalized spacial score (nSPS) is 17.3. The van der Waals surface area contributed by atoms with Gasteiger partial charge < -0.3 is 14.8 Å². The fourth-order valence-electron chi connectivity index (χ4n) is 2.68. The lowest BCUT2D eigenvalue weighted by atomic mass is 9.81. The zero-order valence-electron chi connectivity index (χ0n) is 14.2. The molecular weight excluding hydrogens is 332 g/mol. The Morgan fingerprint density at radius 1 is 1.29 bits per heavy atom. The molecule has 1 aliphatic heterocycles. The summed E-state index contributed by atoms with van der Waals surface area (Å²) in [5.74, 6) is -0.375. The average molecular weight is 356 g/mol. The Morgan fingerprint density at radius 2 is 1.96 bits per heavy atom. The van der Waals surface area contributed by atoms with Gasteiger partial charge in [0.25, 0.3) is 0 Å². The second-order valence-electron chi connectivity index (χ2n) is 6.24. The molecule has 1 heterocycles. The van der Waals surface area contributed by atoms with Crippen molar-refractivity contribution >= 4 is 16.0 Å². The van der Waals surface area contributed by atoms with Gasteiger partial charge >= 0.3 is 5.97 Å². The molecule has 1 aromatic rings. The first-order valence-corrected chi connectivity index (χ1v) is 9.26. The molecule has 2 N–H and O–H groups in total. The first kappa shape index (κ1) is 18.7. The number of hydrogen-bond donors (Lipinski definition) is 2. The Morgan fingerprint density at radius 3 is 2.54 bits per heavy atom. The summed E-state index contributed by atoms with van der Waals surface area (Å²) in [6.45, 7) is 4.20. The van der Waals surface area contributed by atoms with Crippen molar-refractivity contribution in [1.82, 2.24) is 10.0 Å². The van der Waals surface area contributed by atoms with Gasteiger partial charge in [-0.05, 0) is 49.5 Å². The minimum atomic E-state index is -3.72. The van der Waals surface area contributed by atoms with E-state index in [1.807, 2.05) is 0 Å². The number of esters is 1. The molecule has 0 amide bonds. The highest BCUT2D eigenvalue weighted by molar-refractivity contribution is 7.89. The molecule has 7 nitrogen and oxygen atoms in total. The molecule has 1 aromatic carbocycles. The van der Waals surface area contributed by atoms with E-state index in [1.54, 1.807) is 0 Å². The predicted molar refractivity (Wildman–Crippen MR) is 89.7 cm³/mol. The van der Waals surface area contributed by atoms with Crippen molar-refractivity contribution in [3.63, 3.8) is 0 Å². The maximum absolute atomic E-state index is 12.6. The second-order valence-corrected chi connectivity index (χ2v) is 8.01. The summed E-state index contributed by atoms with van der Waals surface area (Å²) in [4.78, 5) is 11.8. The Hall–Kier alpha value is -1.64. The zero-order chi connectivity index (χ0) is 17.8. The summed E-state index contributed by atoms with van der Waals surface area (Å²) in [6, 6.07) is 4.14. The van der Waals surface area contributed by atoms with Gasteiger partial charge in [0.2, 0.25) is 10.0 Å². The van der Waals surface area contributed by atoms with E-state index >= 15 is 0 Å². The standard InChI is InChI=1S/C16H24N2O5S/c1-16(6-8-17-9-7-16)11-18-24(20,21)12-4-5-14(22-2)13(10-12)15(19)23-3/h4-5,10,17-18H,6-9,11H2,1-3H3. The highest BCUT2D eigenvalue weighted by atomic mass is 32.2. The number of piperidine rings is 1. The third kappa shape index (κ3) is 4.25. The van der Waals surface area contributed by atoms with E-state index in [9.17, 15) is 13.2 Å². The minimum Gasteiger partial charge on any atom is -0.496 e. The first-order valence-electron chi connectivity index (χ1n) is 7.78. The Balaban J connectivity index is 2.21. The van der Waals surface area contributed by atoms with Gasteiger partial charge in [-0.25, -0.2) is 17.9 Å². The topological polar surface area (TPSA) is 93.7 Å². The van der Waals surface area contributed by atoms with Crippen molar-refractivity contribution < 1.29 is 22.7 Å². The summed E-state index contributed by atoms with van der Waals surface area (Å²) >= 11 is 0. The van der Waals surface area contributed by atoms with Gasteiger partial charge in [-0.1, -0.05) is 6.92 Å².